The van der Waals surface area contributed by atoms with Crippen molar-refractivity contribution in [2.75, 3.05) is 10.2 Å². The molecule has 1 amide bonds. The second kappa shape index (κ2) is 4.18. The van der Waals surface area contributed by atoms with Crippen LogP contribution in [0.1, 0.15) is 11.5 Å². The molecule has 1 saturated heterocycles. The minimum atomic E-state index is -0.0535. The second-order valence-electron chi connectivity index (χ2n) is 4.76. The van der Waals surface area contributed by atoms with Gasteiger partial charge in [0, 0.05) is 6.08 Å². The molecule has 100 valence electrons. The Hall–Kier alpha value is -2.14. The van der Waals surface area contributed by atoms with Crippen LogP contribution in [0.15, 0.2) is 45.7 Å². The average molecular weight is 284 g/mol. The Kier molecular flexibility index (Phi) is 2.44. The highest BCUT2D eigenvalue weighted by atomic mass is 32.2. The van der Waals surface area contributed by atoms with Gasteiger partial charge in [-0.25, -0.2) is 0 Å². The van der Waals surface area contributed by atoms with Crippen LogP contribution < -0.4 is 10.2 Å². The second-order valence-corrected chi connectivity index (χ2v) is 5.89. The van der Waals surface area contributed by atoms with Gasteiger partial charge < -0.3 is 9.73 Å². The van der Waals surface area contributed by atoms with Crippen molar-refractivity contribution in [1.82, 2.24) is 0 Å². The van der Waals surface area contributed by atoms with Gasteiger partial charge >= 0.3 is 0 Å². The fourth-order valence-corrected chi connectivity index (χ4v) is 3.60. The number of carbonyl (C=O) groups is 1. The van der Waals surface area contributed by atoms with E-state index in [-0.39, 0.29) is 11.4 Å². The lowest BCUT2D eigenvalue weighted by Gasteiger charge is -2.12. The van der Waals surface area contributed by atoms with E-state index in [0.717, 1.165) is 17.1 Å². The molecule has 0 unspecified atom stereocenters. The number of nitrogens with zero attached hydrogens (tertiary/aromatic N) is 1. The molecule has 2 aliphatic heterocycles. The van der Waals surface area contributed by atoms with Crippen molar-refractivity contribution < 1.29 is 9.21 Å². The van der Waals surface area contributed by atoms with E-state index in [4.69, 9.17) is 4.42 Å². The first-order valence-electron chi connectivity index (χ1n) is 6.36. The van der Waals surface area contributed by atoms with Crippen LogP contribution in [-0.2, 0) is 4.79 Å². The van der Waals surface area contributed by atoms with Crippen LogP contribution in [0.25, 0.3) is 6.08 Å². The first-order valence-corrected chi connectivity index (χ1v) is 7.24. The van der Waals surface area contributed by atoms with Crippen molar-refractivity contribution in [3.8, 4) is 0 Å². The monoisotopic (exact) mass is 284 g/mol. The molecule has 1 aromatic carbocycles. The highest BCUT2D eigenvalue weighted by Crippen LogP contribution is 2.46. The van der Waals surface area contributed by atoms with E-state index < -0.39 is 0 Å². The lowest BCUT2D eigenvalue weighted by atomic mass is 10.2. The molecule has 20 heavy (non-hydrogen) atoms. The molecule has 2 aliphatic rings. The van der Waals surface area contributed by atoms with Gasteiger partial charge in [-0.1, -0.05) is 23.9 Å². The maximum Gasteiger partial charge on any atom is 0.267 e. The van der Waals surface area contributed by atoms with Crippen LogP contribution in [0.2, 0.25) is 0 Å². The van der Waals surface area contributed by atoms with E-state index in [2.05, 4.69) is 5.32 Å². The summed E-state index contributed by atoms with van der Waals surface area (Å²) in [6.45, 7) is 1.89. The Balaban J connectivity index is 1.70. The minimum absolute atomic E-state index is 0.0199. The van der Waals surface area contributed by atoms with Gasteiger partial charge in [0.25, 0.3) is 5.91 Å². The fourth-order valence-electron chi connectivity index (χ4n) is 2.47. The average Bonchev–Trinajstić information content (AvgIpc) is 3.07. The fraction of sp³-hybridized carbons (Fsp3) is 0.133. The van der Waals surface area contributed by atoms with Gasteiger partial charge in [0.1, 0.15) is 11.5 Å². The first kappa shape index (κ1) is 11.7. The number of carbonyl (C=O) groups excluding carboxylic acids is 1. The number of amides is 1. The van der Waals surface area contributed by atoms with Crippen molar-refractivity contribution in [2.24, 2.45) is 0 Å². The molecule has 0 bridgehead atoms. The number of nitrogens with one attached hydrogen (secondary N) is 1. The maximum absolute atomic E-state index is 12.5. The first-order chi connectivity index (χ1) is 9.72. The smallest absolute Gasteiger partial charge is 0.267 e. The van der Waals surface area contributed by atoms with E-state index >= 15 is 0 Å². The van der Waals surface area contributed by atoms with Crippen LogP contribution in [0.3, 0.4) is 0 Å². The Labute approximate surface area is 120 Å². The Morgan fingerprint density at radius 1 is 1.30 bits per heavy atom. The van der Waals surface area contributed by atoms with Crippen LogP contribution in [0, 0.1) is 6.92 Å². The molecule has 0 radical (unpaired) electrons. The van der Waals surface area contributed by atoms with E-state index in [9.17, 15) is 4.79 Å². The van der Waals surface area contributed by atoms with E-state index in [0.29, 0.717) is 10.7 Å². The van der Waals surface area contributed by atoms with Gasteiger partial charge in [0.15, 0.2) is 5.50 Å². The summed E-state index contributed by atoms with van der Waals surface area (Å²) >= 11 is 1.52. The van der Waals surface area contributed by atoms with Gasteiger partial charge in [0.05, 0.1) is 16.3 Å². The van der Waals surface area contributed by atoms with E-state index in [1.165, 1.54) is 11.8 Å². The molecule has 1 atom stereocenters. The number of aryl methyl sites for hydroxylation is 1. The quantitative estimate of drug-likeness (QED) is 0.815. The number of fused-ring (bicyclic) bond motifs is 3. The molecule has 5 heteroatoms. The summed E-state index contributed by atoms with van der Waals surface area (Å²) in [5, 5.41) is 3.34. The van der Waals surface area contributed by atoms with E-state index in [1.807, 2.05) is 49.4 Å². The number of thioether (sulfide) groups is 1. The number of furan rings is 1. The predicted octanol–water partition coefficient (Wildman–Crippen LogP) is 3.42. The lowest BCUT2D eigenvalue weighted by molar-refractivity contribution is -0.114. The van der Waals surface area contributed by atoms with Crippen molar-refractivity contribution in [2.45, 2.75) is 12.4 Å². The molecule has 1 fully saturated rings. The number of hydrogen-bond acceptors (Lipinski definition) is 4. The van der Waals surface area contributed by atoms with Gasteiger partial charge in [0.2, 0.25) is 0 Å². The lowest BCUT2D eigenvalue weighted by Crippen LogP contribution is -2.31. The van der Waals surface area contributed by atoms with Crippen molar-refractivity contribution in [3.63, 3.8) is 0 Å². The molecule has 0 aliphatic carbocycles. The summed E-state index contributed by atoms with van der Waals surface area (Å²) in [5.41, 5.74) is 1.89. The molecule has 4 nitrogen and oxygen atoms in total. The van der Waals surface area contributed by atoms with Crippen LogP contribution in [0.5, 0.6) is 0 Å². The molecular formula is C15H12N2O2S. The van der Waals surface area contributed by atoms with Crippen LogP contribution in [0.4, 0.5) is 11.4 Å². The Morgan fingerprint density at radius 2 is 2.15 bits per heavy atom. The summed E-state index contributed by atoms with van der Waals surface area (Å²) in [4.78, 5) is 15.0. The number of benzene rings is 1. The van der Waals surface area contributed by atoms with Crippen molar-refractivity contribution >= 4 is 35.1 Å². The number of para-hydroxylation sites is 2. The molecule has 2 aromatic rings. The normalized spacial score (nSPS) is 22.1. The molecule has 0 saturated carbocycles. The number of rotatable bonds is 1. The molecule has 0 spiro atoms. The third-order valence-corrected chi connectivity index (χ3v) is 4.48. The molecule has 1 aromatic heterocycles. The van der Waals surface area contributed by atoms with Gasteiger partial charge in [-0.05, 0) is 31.2 Å². The van der Waals surface area contributed by atoms with Gasteiger partial charge in [-0.2, -0.15) is 0 Å². The SMILES string of the molecule is Cc1ccc(/C=C2\S[C@@H]3Nc4ccccc4N3C2=O)o1. The zero-order chi connectivity index (χ0) is 13.7. The summed E-state index contributed by atoms with van der Waals surface area (Å²) in [6, 6.07) is 11.6. The van der Waals surface area contributed by atoms with Crippen LogP contribution in [-0.4, -0.2) is 11.4 Å². The molecule has 1 N–H and O–H groups in total. The van der Waals surface area contributed by atoms with Crippen LogP contribution >= 0.6 is 11.8 Å². The number of hydrogen-bond donors (Lipinski definition) is 1. The molecule has 3 heterocycles. The third kappa shape index (κ3) is 1.67. The van der Waals surface area contributed by atoms with E-state index in [1.54, 1.807) is 4.90 Å². The predicted molar refractivity (Wildman–Crippen MR) is 80.4 cm³/mol. The maximum atomic E-state index is 12.5. The Morgan fingerprint density at radius 3 is 2.95 bits per heavy atom. The standard InChI is InChI=1S/C15H12N2O2S/c1-9-6-7-10(19-9)8-13-14(18)17-12-5-3-2-4-11(12)16-15(17)20-13/h2-8,15-16H,1H3/b13-8-/t15-/m1/s1. The zero-order valence-electron chi connectivity index (χ0n) is 10.8. The summed E-state index contributed by atoms with van der Waals surface area (Å²) in [5.74, 6) is 1.58. The molecule has 4 rings (SSSR count). The minimum Gasteiger partial charge on any atom is -0.462 e. The summed E-state index contributed by atoms with van der Waals surface area (Å²) < 4.78 is 5.50. The van der Waals surface area contributed by atoms with Crippen molar-refractivity contribution in [1.29, 1.82) is 0 Å². The molecular weight excluding hydrogens is 272 g/mol. The third-order valence-electron chi connectivity index (χ3n) is 3.38. The summed E-state index contributed by atoms with van der Waals surface area (Å²) in [6.07, 6.45) is 1.81. The largest absolute Gasteiger partial charge is 0.462 e. The highest BCUT2D eigenvalue weighted by Gasteiger charge is 2.42. The van der Waals surface area contributed by atoms with Crippen molar-refractivity contribution in [3.05, 3.63) is 52.8 Å². The Bertz CT molecular complexity index is 735. The highest BCUT2D eigenvalue weighted by molar-refractivity contribution is 8.05. The summed E-state index contributed by atoms with van der Waals surface area (Å²) in [7, 11) is 0. The van der Waals surface area contributed by atoms with Gasteiger partial charge in [-0.3, -0.25) is 9.69 Å². The number of anilines is 2. The van der Waals surface area contributed by atoms with Gasteiger partial charge in [-0.15, -0.1) is 0 Å². The topological polar surface area (TPSA) is 45.5 Å². The zero-order valence-corrected chi connectivity index (χ0v) is 11.6.